The number of hydrogen-bond donors (Lipinski definition) is 6. The number of fused-ring (bicyclic) bond motifs is 1. The molecule has 20 heteroatoms. The van der Waals surface area contributed by atoms with Crippen LogP contribution in [0.25, 0.3) is 0 Å². The Morgan fingerprint density at radius 3 is 2.65 bits per heavy atom. The van der Waals surface area contributed by atoms with Crippen LogP contribution in [0, 0.1) is 0 Å². The number of β-lactam (4-membered cyclic amide) rings is 1. The summed E-state index contributed by atoms with van der Waals surface area (Å²) in [5.74, 6) is -4.61. The number of carbonyl (C=O) groups excluding carboxylic acids is 3. The molecule has 0 aliphatic carbocycles. The standard InChI is InChI=1S/C23H25N7O10S3/c1-39-29-15(12-9-42-23(25)27-12)18(32)28-16-19(33)30-17(21(34)35)11(8-41-20(16)30)7-40-22(36)10-2-3-14(13(31)6-10)43(37,38)26-5-4-24/h2-3,6,9,16,20,26,31H,4-5,7-8,24H2,1H3,(H2,25,27)(H,28,32)(H,34,35)/b29-15+. The predicted octanol–water partition coefficient (Wildman–Crippen LogP) is -1.39. The molecular weight excluding hydrogens is 630 g/mol. The first kappa shape index (κ1) is 31.7. The molecule has 8 N–H and O–H groups in total. The van der Waals surface area contributed by atoms with Crippen molar-refractivity contribution >= 4 is 67.7 Å². The maximum atomic E-state index is 13.0. The van der Waals surface area contributed by atoms with Crippen molar-refractivity contribution in [1.29, 1.82) is 0 Å². The number of nitrogens with one attached hydrogen (secondary N) is 2. The van der Waals surface area contributed by atoms with E-state index in [2.05, 4.69) is 20.2 Å². The third kappa shape index (κ3) is 6.57. The number of aliphatic carboxylic acids is 1. The number of nitrogen functional groups attached to an aromatic ring is 1. The first-order chi connectivity index (χ1) is 20.4. The molecule has 1 fully saturated rings. The van der Waals surface area contributed by atoms with Crippen molar-refractivity contribution in [2.24, 2.45) is 10.9 Å². The summed E-state index contributed by atoms with van der Waals surface area (Å²) in [6, 6.07) is 1.92. The number of esters is 1. The third-order valence-electron chi connectivity index (χ3n) is 6.00. The number of ether oxygens (including phenoxy) is 1. The van der Waals surface area contributed by atoms with Crippen LogP contribution in [-0.4, -0.2) is 102 Å². The number of rotatable bonds is 12. The molecule has 2 amide bonds. The maximum absolute atomic E-state index is 13.0. The number of nitrogens with zero attached hydrogens (tertiary/aromatic N) is 3. The van der Waals surface area contributed by atoms with Gasteiger partial charge in [-0.15, -0.1) is 23.1 Å². The number of phenolic OH excluding ortho intramolecular Hbond substituents is 1. The van der Waals surface area contributed by atoms with Gasteiger partial charge in [-0.2, -0.15) is 0 Å². The number of aromatic nitrogens is 1. The van der Waals surface area contributed by atoms with Gasteiger partial charge in [-0.3, -0.25) is 14.5 Å². The predicted molar refractivity (Wildman–Crippen MR) is 152 cm³/mol. The number of carbonyl (C=O) groups is 4. The number of nitrogens with two attached hydrogens (primary N) is 2. The van der Waals surface area contributed by atoms with E-state index >= 15 is 0 Å². The number of anilines is 1. The fraction of sp³-hybridized carbons (Fsp3) is 0.304. The SMILES string of the molecule is CO/N=C(/C(=O)NC1C(=O)N2C(C(=O)O)=C(COC(=O)c3ccc(S(=O)(=O)NCCN)c(O)c3)CSC12)c1csc(N)n1. The highest BCUT2D eigenvalue weighted by molar-refractivity contribution is 8.00. The van der Waals surface area contributed by atoms with E-state index in [-0.39, 0.29) is 46.5 Å². The molecule has 0 spiro atoms. The van der Waals surface area contributed by atoms with E-state index in [1.807, 2.05) is 0 Å². The minimum atomic E-state index is -4.08. The molecule has 3 heterocycles. The summed E-state index contributed by atoms with van der Waals surface area (Å²) in [5.41, 5.74) is 10.3. The zero-order valence-corrected chi connectivity index (χ0v) is 24.6. The van der Waals surface area contributed by atoms with Gasteiger partial charge >= 0.3 is 11.9 Å². The van der Waals surface area contributed by atoms with Crippen LogP contribution in [0.5, 0.6) is 5.75 Å². The van der Waals surface area contributed by atoms with Gasteiger partial charge in [-0.1, -0.05) is 5.16 Å². The van der Waals surface area contributed by atoms with Gasteiger partial charge < -0.3 is 36.6 Å². The maximum Gasteiger partial charge on any atom is 0.352 e. The summed E-state index contributed by atoms with van der Waals surface area (Å²) in [4.78, 5) is 59.8. The van der Waals surface area contributed by atoms with Gasteiger partial charge in [-0.25, -0.2) is 27.7 Å². The molecule has 1 aromatic heterocycles. The second kappa shape index (κ2) is 13.0. The van der Waals surface area contributed by atoms with Gasteiger partial charge in [0, 0.05) is 29.8 Å². The van der Waals surface area contributed by atoms with E-state index < -0.39 is 68.1 Å². The molecule has 1 aromatic carbocycles. The van der Waals surface area contributed by atoms with Crippen molar-refractivity contribution < 1.29 is 47.4 Å². The molecular formula is C23H25N7O10S3. The molecule has 2 aliphatic rings. The van der Waals surface area contributed by atoms with Crippen LogP contribution in [0.1, 0.15) is 16.1 Å². The number of hydrogen-bond acceptors (Lipinski definition) is 15. The van der Waals surface area contributed by atoms with Crippen LogP contribution >= 0.6 is 23.1 Å². The van der Waals surface area contributed by atoms with Crippen molar-refractivity contribution in [1.82, 2.24) is 19.9 Å². The first-order valence-corrected chi connectivity index (χ1v) is 15.5. The van der Waals surface area contributed by atoms with E-state index in [4.69, 9.17) is 21.0 Å². The quantitative estimate of drug-likeness (QED) is 0.0666. The smallest absolute Gasteiger partial charge is 0.352 e. The fourth-order valence-electron chi connectivity index (χ4n) is 4.07. The average Bonchev–Trinajstić information content (AvgIpc) is 3.40. The zero-order valence-electron chi connectivity index (χ0n) is 22.2. The Morgan fingerprint density at radius 2 is 2.05 bits per heavy atom. The molecule has 0 radical (unpaired) electrons. The molecule has 2 aliphatic heterocycles. The zero-order chi connectivity index (χ0) is 31.5. The van der Waals surface area contributed by atoms with Gasteiger partial charge in [0.1, 0.15) is 47.2 Å². The highest BCUT2D eigenvalue weighted by atomic mass is 32.2. The Balaban J connectivity index is 1.45. The van der Waals surface area contributed by atoms with Crippen LogP contribution in [0.4, 0.5) is 5.13 Å². The summed E-state index contributed by atoms with van der Waals surface area (Å²) in [6.07, 6.45) is 0. The summed E-state index contributed by atoms with van der Waals surface area (Å²) in [6.45, 7) is -0.553. The molecule has 2 aromatic rings. The Kier molecular flexibility index (Phi) is 9.55. The van der Waals surface area contributed by atoms with Crippen molar-refractivity contribution in [2.45, 2.75) is 16.3 Å². The van der Waals surface area contributed by atoms with Crippen molar-refractivity contribution in [2.75, 3.05) is 38.3 Å². The second-order valence-electron chi connectivity index (χ2n) is 8.76. The van der Waals surface area contributed by atoms with E-state index in [0.717, 1.165) is 46.2 Å². The van der Waals surface area contributed by atoms with Crippen molar-refractivity contribution in [3.63, 3.8) is 0 Å². The normalized spacial score (nSPS) is 18.5. The Labute approximate surface area is 251 Å². The number of thiazole rings is 1. The lowest BCUT2D eigenvalue weighted by Gasteiger charge is -2.49. The van der Waals surface area contributed by atoms with E-state index in [1.54, 1.807) is 0 Å². The average molecular weight is 656 g/mol. The molecule has 230 valence electrons. The number of carboxylic acid groups (broad SMARTS) is 1. The number of thioether (sulfide) groups is 1. The number of oxime groups is 1. The van der Waals surface area contributed by atoms with Crippen molar-refractivity contribution in [3.8, 4) is 5.75 Å². The van der Waals surface area contributed by atoms with Gasteiger partial charge in [0.2, 0.25) is 10.0 Å². The van der Waals surface area contributed by atoms with Crippen LogP contribution in [-0.2, 0) is 34.0 Å². The molecule has 1 saturated heterocycles. The highest BCUT2D eigenvalue weighted by Crippen LogP contribution is 2.40. The molecule has 2 atom stereocenters. The largest absolute Gasteiger partial charge is 0.507 e. The number of amides is 2. The van der Waals surface area contributed by atoms with Gasteiger partial charge in [0.05, 0.1) is 5.56 Å². The van der Waals surface area contributed by atoms with Gasteiger partial charge in [0.15, 0.2) is 10.8 Å². The van der Waals surface area contributed by atoms with Crippen LogP contribution < -0.4 is 21.5 Å². The van der Waals surface area contributed by atoms with Gasteiger partial charge in [-0.05, 0) is 18.2 Å². The molecule has 0 saturated carbocycles. The lowest BCUT2D eigenvalue weighted by molar-refractivity contribution is -0.150. The molecule has 17 nitrogen and oxygen atoms in total. The molecule has 2 unspecified atom stereocenters. The molecule has 0 bridgehead atoms. The number of phenols is 1. The topological polar surface area (TPSA) is 266 Å². The lowest BCUT2D eigenvalue weighted by Crippen LogP contribution is -2.71. The Hall–Kier alpha value is -4.24. The lowest BCUT2D eigenvalue weighted by atomic mass is 10.0. The number of aromatic hydroxyl groups is 1. The van der Waals surface area contributed by atoms with Gasteiger partial charge in [0.25, 0.3) is 11.8 Å². The first-order valence-electron chi connectivity index (χ1n) is 12.1. The fourth-order valence-corrected chi connectivity index (χ4v) is 7.07. The number of benzene rings is 1. The number of carboxylic acids is 1. The summed E-state index contributed by atoms with van der Waals surface area (Å²) in [5, 5.41) is 27.1. The van der Waals surface area contributed by atoms with Crippen LogP contribution in [0.2, 0.25) is 0 Å². The minimum absolute atomic E-state index is 0.0310. The van der Waals surface area contributed by atoms with E-state index in [1.165, 1.54) is 12.5 Å². The minimum Gasteiger partial charge on any atom is -0.507 e. The Bertz CT molecular complexity index is 1640. The third-order valence-corrected chi connectivity index (χ3v) is 9.52. The van der Waals surface area contributed by atoms with Crippen LogP contribution in [0.15, 0.2) is 44.9 Å². The summed E-state index contributed by atoms with van der Waals surface area (Å²) in [7, 11) is -2.86. The highest BCUT2D eigenvalue weighted by Gasteiger charge is 2.54. The summed E-state index contributed by atoms with van der Waals surface area (Å²) < 4.78 is 31.9. The van der Waals surface area contributed by atoms with E-state index in [0.29, 0.717) is 0 Å². The Morgan fingerprint density at radius 1 is 1.30 bits per heavy atom. The van der Waals surface area contributed by atoms with E-state index in [9.17, 15) is 37.8 Å². The summed E-state index contributed by atoms with van der Waals surface area (Å²) >= 11 is 2.20. The molecule has 4 rings (SSSR count). The molecule has 43 heavy (non-hydrogen) atoms. The second-order valence-corrected chi connectivity index (χ2v) is 12.5. The number of sulfonamides is 1. The van der Waals surface area contributed by atoms with Crippen molar-refractivity contribution in [3.05, 3.63) is 46.1 Å². The monoisotopic (exact) mass is 655 g/mol. The van der Waals surface area contributed by atoms with Crippen LogP contribution in [0.3, 0.4) is 0 Å².